The van der Waals surface area contributed by atoms with Crippen LogP contribution >= 0.6 is 0 Å². The van der Waals surface area contributed by atoms with Gasteiger partial charge in [0.1, 0.15) is 6.79 Å². The predicted octanol–water partition coefficient (Wildman–Crippen LogP) is 2.74. The molecule has 0 aliphatic rings. The van der Waals surface area contributed by atoms with Crippen LogP contribution in [0.1, 0.15) is 33.1 Å². The lowest BCUT2D eigenvalue weighted by Gasteiger charge is -2.06. The molecule has 0 saturated carbocycles. The SMILES string of the molecule is CCCCC=C[C@@H](C)OCOC. The Morgan fingerprint density at radius 2 is 2.17 bits per heavy atom. The molecule has 0 aliphatic heterocycles. The Hall–Kier alpha value is -0.340. The molecule has 0 aromatic carbocycles. The van der Waals surface area contributed by atoms with E-state index in [0.717, 1.165) is 6.42 Å². The Morgan fingerprint density at radius 1 is 1.42 bits per heavy atom. The Kier molecular flexibility index (Phi) is 8.51. The second-order valence-electron chi connectivity index (χ2n) is 2.85. The first kappa shape index (κ1) is 11.7. The van der Waals surface area contributed by atoms with Crippen LogP contribution in [0.15, 0.2) is 12.2 Å². The molecule has 0 aromatic rings. The number of ether oxygens (including phenoxy) is 2. The highest BCUT2D eigenvalue weighted by Gasteiger charge is 1.93. The number of hydrogen-bond donors (Lipinski definition) is 0. The van der Waals surface area contributed by atoms with E-state index >= 15 is 0 Å². The van der Waals surface area contributed by atoms with E-state index in [2.05, 4.69) is 19.1 Å². The van der Waals surface area contributed by atoms with Crippen LogP contribution in [0.5, 0.6) is 0 Å². The van der Waals surface area contributed by atoms with E-state index in [1.807, 2.05) is 6.92 Å². The fourth-order valence-corrected chi connectivity index (χ4v) is 0.841. The zero-order chi connectivity index (χ0) is 9.23. The molecule has 0 aliphatic carbocycles. The lowest BCUT2D eigenvalue weighted by atomic mass is 10.2. The minimum Gasteiger partial charge on any atom is -0.359 e. The summed E-state index contributed by atoms with van der Waals surface area (Å²) in [6.07, 6.45) is 8.07. The topological polar surface area (TPSA) is 18.5 Å². The highest BCUT2D eigenvalue weighted by molar-refractivity contribution is 4.86. The first-order valence-corrected chi connectivity index (χ1v) is 4.58. The van der Waals surface area contributed by atoms with Gasteiger partial charge in [0.25, 0.3) is 0 Å². The smallest absolute Gasteiger partial charge is 0.147 e. The molecule has 0 bridgehead atoms. The third-order valence-corrected chi connectivity index (χ3v) is 1.58. The van der Waals surface area contributed by atoms with Crippen molar-refractivity contribution >= 4 is 0 Å². The molecule has 0 heterocycles. The van der Waals surface area contributed by atoms with Crippen LogP contribution in [0.25, 0.3) is 0 Å². The van der Waals surface area contributed by atoms with Crippen LogP contribution in [-0.4, -0.2) is 20.0 Å². The summed E-state index contributed by atoms with van der Waals surface area (Å²) in [4.78, 5) is 0. The molecule has 0 radical (unpaired) electrons. The molecule has 1 atom stereocenters. The van der Waals surface area contributed by atoms with Crippen LogP contribution in [0.2, 0.25) is 0 Å². The normalized spacial score (nSPS) is 13.9. The van der Waals surface area contributed by atoms with Crippen molar-refractivity contribution in [2.75, 3.05) is 13.9 Å². The van der Waals surface area contributed by atoms with Crippen LogP contribution in [0, 0.1) is 0 Å². The first-order chi connectivity index (χ1) is 5.81. The fourth-order valence-electron chi connectivity index (χ4n) is 0.841. The quantitative estimate of drug-likeness (QED) is 0.334. The van der Waals surface area contributed by atoms with Gasteiger partial charge in [-0.1, -0.05) is 31.9 Å². The van der Waals surface area contributed by atoms with Crippen molar-refractivity contribution in [1.82, 2.24) is 0 Å². The number of hydrogen-bond acceptors (Lipinski definition) is 2. The summed E-state index contributed by atoms with van der Waals surface area (Å²) in [5, 5.41) is 0. The second-order valence-corrected chi connectivity index (χ2v) is 2.85. The lowest BCUT2D eigenvalue weighted by molar-refractivity contribution is -0.0495. The second kappa shape index (κ2) is 8.75. The molecular formula is C10H20O2. The van der Waals surface area contributed by atoms with Gasteiger partial charge in [-0.3, -0.25) is 0 Å². The lowest BCUT2D eigenvalue weighted by Crippen LogP contribution is -2.06. The average molecular weight is 172 g/mol. The molecule has 2 heteroatoms. The van der Waals surface area contributed by atoms with Crippen molar-refractivity contribution in [2.45, 2.75) is 39.2 Å². The molecule has 72 valence electrons. The minimum atomic E-state index is 0.168. The summed E-state index contributed by atoms with van der Waals surface area (Å²) in [6, 6.07) is 0. The molecule has 12 heavy (non-hydrogen) atoms. The Bertz CT molecular complexity index is 110. The van der Waals surface area contributed by atoms with Crippen LogP contribution < -0.4 is 0 Å². The summed E-state index contributed by atoms with van der Waals surface area (Å²) in [6.45, 7) is 4.58. The summed E-state index contributed by atoms with van der Waals surface area (Å²) in [5.41, 5.74) is 0. The molecule has 0 rings (SSSR count). The van der Waals surface area contributed by atoms with Crippen molar-refractivity contribution < 1.29 is 9.47 Å². The van der Waals surface area contributed by atoms with E-state index in [-0.39, 0.29) is 6.10 Å². The first-order valence-electron chi connectivity index (χ1n) is 4.58. The summed E-state index contributed by atoms with van der Waals surface area (Å²) < 4.78 is 10.0. The van der Waals surface area contributed by atoms with E-state index in [4.69, 9.17) is 9.47 Å². The maximum atomic E-state index is 5.26. The van der Waals surface area contributed by atoms with Crippen molar-refractivity contribution in [3.05, 3.63) is 12.2 Å². The highest BCUT2D eigenvalue weighted by Crippen LogP contribution is 1.98. The minimum absolute atomic E-state index is 0.168. The van der Waals surface area contributed by atoms with Crippen LogP contribution in [0.4, 0.5) is 0 Å². The largest absolute Gasteiger partial charge is 0.359 e. The zero-order valence-corrected chi connectivity index (χ0v) is 8.38. The van der Waals surface area contributed by atoms with Gasteiger partial charge in [0.15, 0.2) is 0 Å². The van der Waals surface area contributed by atoms with Crippen molar-refractivity contribution in [3.8, 4) is 0 Å². The molecule has 0 spiro atoms. The predicted molar refractivity (Wildman–Crippen MR) is 51.1 cm³/mol. The molecule has 2 nitrogen and oxygen atoms in total. The number of methoxy groups -OCH3 is 1. The summed E-state index contributed by atoms with van der Waals surface area (Å²) in [7, 11) is 1.63. The Balaban J connectivity index is 3.27. The number of allylic oxidation sites excluding steroid dienone is 1. The third-order valence-electron chi connectivity index (χ3n) is 1.58. The van der Waals surface area contributed by atoms with Gasteiger partial charge in [-0.25, -0.2) is 0 Å². The van der Waals surface area contributed by atoms with Gasteiger partial charge in [-0.2, -0.15) is 0 Å². The molecule has 0 aromatic heterocycles. The van der Waals surface area contributed by atoms with Gasteiger partial charge in [0.05, 0.1) is 6.10 Å². The highest BCUT2D eigenvalue weighted by atomic mass is 16.7. The molecule has 0 N–H and O–H groups in total. The van der Waals surface area contributed by atoms with Crippen LogP contribution in [0.3, 0.4) is 0 Å². The molecular weight excluding hydrogens is 152 g/mol. The third kappa shape index (κ3) is 7.76. The van der Waals surface area contributed by atoms with Gasteiger partial charge in [-0.05, 0) is 13.3 Å². The Labute approximate surface area is 75.6 Å². The maximum Gasteiger partial charge on any atom is 0.147 e. The summed E-state index contributed by atoms with van der Waals surface area (Å²) >= 11 is 0. The zero-order valence-electron chi connectivity index (χ0n) is 8.38. The van der Waals surface area contributed by atoms with Crippen molar-refractivity contribution in [1.29, 1.82) is 0 Å². The molecule has 0 saturated heterocycles. The average Bonchev–Trinajstić information content (AvgIpc) is 2.09. The van der Waals surface area contributed by atoms with Gasteiger partial charge >= 0.3 is 0 Å². The van der Waals surface area contributed by atoms with E-state index in [1.54, 1.807) is 7.11 Å². The van der Waals surface area contributed by atoms with Crippen LogP contribution in [-0.2, 0) is 9.47 Å². The van der Waals surface area contributed by atoms with Crippen molar-refractivity contribution in [3.63, 3.8) is 0 Å². The van der Waals surface area contributed by atoms with E-state index in [9.17, 15) is 0 Å². The summed E-state index contributed by atoms with van der Waals surface area (Å²) in [5.74, 6) is 0. The monoisotopic (exact) mass is 172 g/mol. The van der Waals surface area contributed by atoms with E-state index in [1.165, 1.54) is 12.8 Å². The van der Waals surface area contributed by atoms with Gasteiger partial charge in [0.2, 0.25) is 0 Å². The van der Waals surface area contributed by atoms with Crippen molar-refractivity contribution in [2.24, 2.45) is 0 Å². The van der Waals surface area contributed by atoms with E-state index in [0.29, 0.717) is 6.79 Å². The fraction of sp³-hybridized carbons (Fsp3) is 0.800. The van der Waals surface area contributed by atoms with E-state index < -0.39 is 0 Å². The molecule has 0 amide bonds. The molecule has 0 unspecified atom stereocenters. The standard InChI is InChI=1S/C10H20O2/c1-4-5-6-7-8-10(2)12-9-11-3/h7-8,10H,4-6,9H2,1-3H3/t10-/m1/s1. The number of rotatable bonds is 7. The Morgan fingerprint density at radius 3 is 2.75 bits per heavy atom. The van der Waals surface area contributed by atoms with Gasteiger partial charge in [-0.15, -0.1) is 0 Å². The number of unbranched alkanes of at least 4 members (excludes halogenated alkanes) is 2. The van der Waals surface area contributed by atoms with Gasteiger partial charge in [0, 0.05) is 7.11 Å². The van der Waals surface area contributed by atoms with Gasteiger partial charge < -0.3 is 9.47 Å². The maximum absolute atomic E-state index is 5.26. The molecule has 0 fully saturated rings.